The van der Waals surface area contributed by atoms with Gasteiger partial charge in [-0.25, -0.2) is 4.79 Å². The van der Waals surface area contributed by atoms with Crippen LogP contribution in [0.4, 0.5) is 4.79 Å². The van der Waals surface area contributed by atoms with Gasteiger partial charge in [0, 0.05) is 19.2 Å². The summed E-state index contributed by atoms with van der Waals surface area (Å²) in [5, 5.41) is 0. The number of ether oxygens (including phenoxy) is 3. The SMILES string of the molecule is COC(=O)CC1CCOCCN1C(=O)OCc1ccccc1. The number of nitrogens with zero attached hydrogens (tertiary/aromatic N) is 1. The molecule has 0 radical (unpaired) electrons. The highest BCUT2D eigenvalue weighted by molar-refractivity contribution is 5.72. The van der Waals surface area contributed by atoms with Gasteiger partial charge in [-0.2, -0.15) is 0 Å². The van der Waals surface area contributed by atoms with Crippen LogP contribution in [-0.2, 0) is 25.6 Å². The van der Waals surface area contributed by atoms with E-state index in [2.05, 4.69) is 0 Å². The molecule has 1 saturated heterocycles. The minimum Gasteiger partial charge on any atom is -0.469 e. The normalized spacial score (nSPS) is 18.4. The Morgan fingerprint density at radius 3 is 2.77 bits per heavy atom. The Labute approximate surface area is 129 Å². The zero-order valence-electron chi connectivity index (χ0n) is 12.7. The number of carbonyl (C=O) groups excluding carboxylic acids is 2. The Morgan fingerprint density at radius 2 is 2.05 bits per heavy atom. The minimum atomic E-state index is -0.428. The van der Waals surface area contributed by atoms with E-state index in [0.29, 0.717) is 26.2 Å². The number of hydrogen-bond acceptors (Lipinski definition) is 5. The first-order valence-electron chi connectivity index (χ1n) is 7.32. The molecule has 120 valence electrons. The highest BCUT2D eigenvalue weighted by Gasteiger charge is 2.29. The first kappa shape index (κ1) is 16.3. The monoisotopic (exact) mass is 307 g/mol. The number of benzene rings is 1. The van der Waals surface area contributed by atoms with E-state index in [0.717, 1.165) is 5.56 Å². The fraction of sp³-hybridized carbons (Fsp3) is 0.500. The van der Waals surface area contributed by atoms with Crippen molar-refractivity contribution in [2.24, 2.45) is 0 Å². The lowest BCUT2D eigenvalue weighted by atomic mass is 10.1. The molecule has 6 heteroatoms. The predicted molar refractivity (Wildman–Crippen MR) is 79.2 cm³/mol. The summed E-state index contributed by atoms with van der Waals surface area (Å²) in [5.74, 6) is -0.340. The summed E-state index contributed by atoms with van der Waals surface area (Å²) in [6.45, 7) is 1.58. The molecule has 1 aromatic carbocycles. The number of amides is 1. The summed E-state index contributed by atoms with van der Waals surface area (Å²) in [6, 6.07) is 9.23. The third-order valence-corrected chi connectivity index (χ3v) is 3.58. The Bertz CT molecular complexity index is 491. The van der Waals surface area contributed by atoms with Crippen LogP contribution in [0.15, 0.2) is 30.3 Å². The molecule has 1 fully saturated rings. The third-order valence-electron chi connectivity index (χ3n) is 3.58. The van der Waals surface area contributed by atoms with E-state index in [1.54, 1.807) is 4.90 Å². The molecule has 1 aromatic rings. The van der Waals surface area contributed by atoms with Crippen molar-refractivity contribution in [2.45, 2.75) is 25.5 Å². The van der Waals surface area contributed by atoms with E-state index >= 15 is 0 Å². The molecule has 6 nitrogen and oxygen atoms in total. The Balaban J connectivity index is 1.95. The maximum Gasteiger partial charge on any atom is 0.410 e. The van der Waals surface area contributed by atoms with Crippen LogP contribution in [0.25, 0.3) is 0 Å². The van der Waals surface area contributed by atoms with Crippen LogP contribution in [-0.4, -0.2) is 49.9 Å². The van der Waals surface area contributed by atoms with Gasteiger partial charge in [-0.3, -0.25) is 4.79 Å². The van der Waals surface area contributed by atoms with Crippen molar-refractivity contribution in [1.82, 2.24) is 4.90 Å². The highest BCUT2D eigenvalue weighted by atomic mass is 16.6. The first-order valence-corrected chi connectivity index (χ1v) is 7.32. The molecule has 1 aliphatic rings. The average molecular weight is 307 g/mol. The zero-order chi connectivity index (χ0) is 15.8. The van der Waals surface area contributed by atoms with Crippen molar-refractivity contribution in [3.8, 4) is 0 Å². The molecule has 22 heavy (non-hydrogen) atoms. The van der Waals surface area contributed by atoms with Crippen molar-refractivity contribution in [1.29, 1.82) is 0 Å². The molecule has 0 aliphatic carbocycles. The van der Waals surface area contributed by atoms with E-state index in [-0.39, 0.29) is 25.0 Å². The van der Waals surface area contributed by atoms with Gasteiger partial charge in [-0.1, -0.05) is 30.3 Å². The van der Waals surface area contributed by atoms with E-state index in [1.165, 1.54) is 7.11 Å². The quantitative estimate of drug-likeness (QED) is 0.796. The van der Waals surface area contributed by atoms with Crippen LogP contribution < -0.4 is 0 Å². The molecule has 0 aromatic heterocycles. The number of esters is 1. The van der Waals surface area contributed by atoms with Gasteiger partial charge in [0.1, 0.15) is 6.61 Å². The fourth-order valence-corrected chi connectivity index (χ4v) is 2.35. The van der Waals surface area contributed by atoms with Gasteiger partial charge in [0.25, 0.3) is 0 Å². The number of rotatable bonds is 4. The van der Waals surface area contributed by atoms with Crippen LogP contribution in [0.5, 0.6) is 0 Å². The van der Waals surface area contributed by atoms with E-state index in [4.69, 9.17) is 14.2 Å². The smallest absolute Gasteiger partial charge is 0.410 e. The summed E-state index contributed by atoms with van der Waals surface area (Å²) < 4.78 is 15.4. The predicted octanol–water partition coefficient (Wildman–Crippen LogP) is 1.98. The van der Waals surface area contributed by atoms with Gasteiger partial charge in [0.15, 0.2) is 0 Å². The van der Waals surface area contributed by atoms with Gasteiger partial charge in [-0.05, 0) is 12.0 Å². The standard InChI is InChI=1S/C16H21NO5/c1-20-15(18)11-14-7-9-21-10-8-17(14)16(19)22-12-13-5-3-2-4-6-13/h2-6,14H,7-12H2,1H3. The number of carbonyl (C=O) groups is 2. The lowest BCUT2D eigenvalue weighted by molar-refractivity contribution is -0.141. The maximum atomic E-state index is 12.3. The highest BCUT2D eigenvalue weighted by Crippen LogP contribution is 2.15. The largest absolute Gasteiger partial charge is 0.469 e. The summed E-state index contributed by atoms with van der Waals surface area (Å²) in [7, 11) is 1.34. The number of methoxy groups -OCH3 is 1. The van der Waals surface area contributed by atoms with Gasteiger partial charge < -0.3 is 19.1 Å². The summed E-state index contributed by atoms with van der Waals surface area (Å²) in [5.41, 5.74) is 0.923. The Kier molecular flexibility index (Phi) is 6.21. The van der Waals surface area contributed by atoms with Crippen LogP contribution in [0.1, 0.15) is 18.4 Å². The number of hydrogen-bond donors (Lipinski definition) is 0. The molecule has 1 atom stereocenters. The van der Waals surface area contributed by atoms with E-state index in [1.807, 2.05) is 30.3 Å². The molecule has 0 saturated carbocycles. The second kappa shape index (κ2) is 8.38. The molecule has 0 spiro atoms. The second-order valence-corrected chi connectivity index (χ2v) is 5.07. The molecule has 1 amide bonds. The van der Waals surface area contributed by atoms with Crippen LogP contribution in [0.3, 0.4) is 0 Å². The summed E-state index contributed by atoms with van der Waals surface area (Å²) in [6.07, 6.45) is 0.318. The van der Waals surface area contributed by atoms with Crippen molar-refractivity contribution in [2.75, 3.05) is 26.9 Å². The van der Waals surface area contributed by atoms with Crippen molar-refractivity contribution < 1.29 is 23.8 Å². The molecule has 0 bridgehead atoms. The van der Waals surface area contributed by atoms with Crippen LogP contribution in [0, 0.1) is 0 Å². The Morgan fingerprint density at radius 1 is 1.27 bits per heavy atom. The van der Waals surface area contributed by atoms with E-state index in [9.17, 15) is 9.59 Å². The molecule has 1 unspecified atom stereocenters. The minimum absolute atomic E-state index is 0.153. The fourth-order valence-electron chi connectivity index (χ4n) is 2.35. The van der Waals surface area contributed by atoms with Crippen molar-refractivity contribution in [3.05, 3.63) is 35.9 Å². The van der Waals surface area contributed by atoms with Crippen LogP contribution >= 0.6 is 0 Å². The van der Waals surface area contributed by atoms with Gasteiger partial charge >= 0.3 is 12.1 Å². The second-order valence-electron chi connectivity index (χ2n) is 5.07. The van der Waals surface area contributed by atoms with E-state index < -0.39 is 6.09 Å². The first-order chi connectivity index (χ1) is 10.7. The molecule has 1 aliphatic heterocycles. The summed E-state index contributed by atoms with van der Waals surface area (Å²) >= 11 is 0. The van der Waals surface area contributed by atoms with Crippen molar-refractivity contribution >= 4 is 12.1 Å². The van der Waals surface area contributed by atoms with Gasteiger partial charge in [0.05, 0.1) is 20.1 Å². The zero-order valence-corrected chi connectivity index (χ0v) is 12.7. The molecular formula is C16H21NO5. The van der Waals surface area contributed by atoms with Crippen LogP contribution in [0.2, 0.25) is 0 Å². The van der Waals surface area contributed by atoms with Crippen molar-refractivity contribution in [3.63, 3.8) is 0 Å². The lowest BCUT2D eigenvalue weighted by Gasteiger charge is -2.27. The molecular weight excluding hydrogens is 286 g/mol. The Hall–Kier alpha value is -2.08. The summed E-state index contributed by atoms with van der Waals surface area (Å²) in [4.78, 5) is 25.4. The molecule has 0 N–H and O–H groups in total. The average Bonchev–Trinajstić information content (AvgIpc) is 2.79. The third kappa shape index (κ3) is 4.73. The van der Waals surface area contributed by atoms with Gasteiger partial charge in [0.2, 0.25) is 0 Å². The topological polar surface area (TPSA) is 65.1 Å². The maximum absolute atomic E-state index is 12.3. The molecule has 2 rings (SSSR count). The molecule has 1 heterocycles. The van der Waals surface area contributed by atoms with Gasteiger partial charge in [-0.15, -0.1) is 0 Å². The lowest BCUT2D eigenvalue weighted by Crippen LogP contribution is -2.42.